The lowest BCUT2D eigenvalue weighted by atomic mass is 10.1. The standard InChI is InChI=1S/C23H23N7O2/c1-29(9-10-31)20-6-5-17(12-21(20)32-2)26-22-23-24-7-8-30(23)14-19(27-22)15-3-4-16-13-25-28-18(16)11-15/h3-8,11-14,31H,9-10H2,1-2H3,(H,25,28)(H,26,27). The van der Waals surface area contributed by atoms with Crippen LogP contribution in [-0.4, -0.2) is 57.0 Å². The van der Waals surface area contributed by atoms with Crippen molar-refractivity contribution in [3.63, 3.8) is 0 Å². The highest BCUT2D eigenvalue weighted by Gasteiger charge is 2.13. The molecule has 3 N–H and O–H groups in total. The molecule has 0 aliphatic rings. The summed E-state index contributed by atoms with van der Waals surface area (Å²) in [6, 6.07) is 11.9. The Bertz CT molecular complexity index is 1390. The van der Waals surface area contributed by atoms with Gasteiger partial charge in [0.25, 0.3) is 0 Å². The van der Waals surface area contributed by atoms with Crippen molar-refractivity contribution in [1.82, 2.24) is 24.6 Å². The van der Waals surface area contributed by atoms with Crippen LogP contribution in [0.2, 0.25) is 0 Å². The van der Waals surface area contributed by atoms with Gasteiger partial charge in [0.15, 0.2) is 11.5 Å². The number of nitrogens with zero attached hydrogens (tertiary/aromatic N) is 5. The van der Waals surface area contributed by atoms with E-state index in [0.29, 0.717) is 18.1 Å². The lowest BCUT2D eigenvalue weighted by molar-refractivity contribution is 0.303. The number of anilines is 3. The molecule has 0 unspecified atom stereocenters. The van der Waals surface area contributed by atoms with Gasteiger partial charge in [0, 0.05) is 54.9 Å². The first kappa shape index (κ1) is 19.8. The van der Waals surface area contributed by atoms with Gasteiger partial charge in [0.2, 0.25) is 0 Å². The van der Waals surface area contributed by atoms with E-state index in [9.17, 15) is 5.11 Å². The molecule has 0 saturated heterocycles. The van der Waals surface area contributed by atoms with Gasteiger partial charge >= 0.3 is 0 Å². The number of methoxy groups -OCH3 is 1. The number of fused-ring (bicyclic) bond motifs is 2. The Morgan fingerprint density at radius 3 is 2.97 bits per heavy atom. The van der Waals surface area contributed by atoms with Crippen LogP contribution in [0.25, 0.3) is 27.8 Å². The van der Waals surface area contributed by atoms with Gasteiger partial charge in [-0.1, -0.05) is 12.1 Å². The Labute approximate surface area is 184 Å². The minimum absolute atomic E-state index is 0.0680. The first-order valence-electron chi connectivity index (χ1n) is 10.2. The summed E-state index contributed by atoms with van der Waals surface area (Å²) >= 11 is 0. The van der Waals surface area contributed by atoms with Gasteiger partial charge in [-0.3, -0.25) is 5.10 Å². The molecule has 9 heteroatoms. The number of hydrogen-bond acceptors (Lipinski definition) is 7. The van der Waals surface area contributed by atoms with Crippen molar-refractivity contribution in [3.8, 4) is 17.0 Å². The minimum Gasteiger partial charge on any atom is -0.495 e. The minimum atomic E-state index is 0.0680. The fourth-order valence-electron chi connectivity index (χ4n) is 3.73. The second-order valence-corrected chi connectivity index (χ2v) is 7.46. The Hall–Kier alpha value is -4.11. The second-order valence-electron chi connectivity index (χ2n) is 7.46. The molecule has 0 spiro atoms. The molecular weight excluding hydrogens is 406 g/mol. The average Bonchev–Trinajstić information content (AvgIpc) is 3.48. The Balaban J connectivity index is 1.53. The summed E-state index contributed by atoms with van der Waals surface area (Å²) < 4.78 is 7.52. The molecule has 0 aliphatic carbocycles. The van der Waals surface area contributed by atoms with Crippen molar-refractivity contribution in [1.29, 1.82) is 0 Å². The summed E-state index contributed by atoms with van der Waals surface area (Å²) in [7, 11) is 3.55. The van der Waals surface area contributed by atoms with Crippen molar-refractivity contribution >= 4 is 33.7 Å². The largest absolute Gasteiger partial charge is 0.495 e. The van der Waals surface area contributed by atoms with E-state index in [2.05, 4.69) is 20.5 Å². The van der Waals surface area contributed by atoms with Crippen molar-refractivity contribution in [2.45, 2.75) is 0 Å². The van der Waals surface area contributed by atoms with E-state index in [1.54, 1.807) is 19.5 Å². The lowest BCUT2D eigenvalue weighted by Crippen LogP contribution is -2.21. The number of imidazole rings is 1. The summed E-state index contributed by atoms with van der Waals surface area (Å²) in [5, 5.41) is 20.8. The zero-order chi connectivity index (χ0) is 22.1. The third-order valence-corrected chi connectivity index (χ3v) is 5.40. The highest BCUT2D eigenvalue weighted by Crippen LogP contribution is 2.33. The molecule has 0 bridgehead atoms. The highest BCUT2D eigenvalue weighted by atomic mass is 16.5. The van der Waals surface area contributed by atoms with E-state index >= 15 is 0 Å². The number of hydrogen-bond donors (Lipinski definition) is 3. The first-order chi connectivity index (χ1) is 15.7. The predicted octanol–water partition coefficient (Wildman–Crippen LogP) is 3.45. The van der Waals surface area contributed by atoms with E-state index in [-0.39, 0.29) is 6.61 Å². The molecular formula is C23H23N7O2. The van der Waals surface area contributed by atoms with Crippen LogP contribution in [0.1, 0.15) is 0 Å². The Morgan fingerprint density at radius 2 is 2.12 bits per heavy atom. The van der Waals surface area contributed by atoms with E-state index in [1.165, 1.54) is 0 Å². The van der Waals surface area contributed by atoms with E-state index in [0.717, 1.165) is 39.2 Å². The lowest BCUT2D eigenvalue weighted by Gasteiger charge is -2.21. The number of aliphatic hydroxyl groups is 1. The van der Waals surface area contributed by atoms with E-state index < -0.39 is 0 Å². The van der Waals surface area contributed by atoms with Gasteiger partial charge in [-0.05, 0) is 18.2 Å². The molecule has 0 amide bonds. The molecule has 0 radical (unpaired) electrons. The summed E-state index contributed by atoms with van der Waals surface area (Å²) in [6.45, 7) is 0.584. The van der Waals surface area contributed by atoms with E-state index in [4.69, 9.17) is 9.72 Å². The molecule has 0 fully saturated rings. The number of likely N-dealkylation sites (N-methyl/N-ethyl adjacent to an activating group) is 1. The van der Waals surface area contributed by atoms with Gasteiger partial charge in [-0.2, -0.15) is 5.10 Å². The second kappa shape index (κ2) is 8.20. The van der Waals surface area contributed by atoms with Crippen LogP contribution < -0.4 is 15.0 Å². The maximum atomic E-state index is 9.24. The molecule has 32 heavy (non-hydrogen) atoms. The number of aromatic nitrogens is 5. The van der Waals surface area contributed by atoms with Gasteiger partial charge in [0.1, 0.15) is 5.75 Å². The van der Waals surface area contributed by atoms with Crippen LogP contribution in [0.3, 0.4) is 0 Å². The maximum Gasteiger partial charge on any atom is 0.180 e. The SMILES string of the molecule is COc1cc(Nc2nc(-c3ccc4cn[nH]c4c3)cn3ccnc23)ccc1N(C)CCO. The highest BCUT2D eigenvalue weighted by molar-refractivity contribution is 5.84. The topological polar surface area (TPSA) is 104 Å². The number of benzene rings is 2. The predicted molar refractivity (Wildman–Crippen MR) is 125 cm³/mol. The average molecular weight is 429 g/mol. The molecule has 3 aromatic heterocycles. The molecule has 0 saturated carbocycles. The van der Waals surface area contributed by atoms with Crippen molar-refractivity contribution in [2.24, 2.45) is 0 Å². The number of nitrogens with one attached hydrogen (secondary N) is 2. The Morgan fingerprint density at radius 1 is 1.22 bits per heavy atom. The monoisotopic (exact) mass is 429 g/mol. The number of aromatic amines is 1. The number of aliphatic hydroxyl groups excluding tert-OH is 1. The molecule has 0 aliphatic heterocycles. The van der Waals surface area contributed by atoms with Crippen LogP contribution in [0.5, 0.6) is 5.75 Å². The smallest absolute Gasteiger partial charge is 0.180 e. The summed E-state index contributed by atoms with van der Waals surface area (Å²) in [6.07, 6.45) is 7.40. The number of ether oxygens (including phenoxy) is 1. The molecule has 9 nitrogen and oxygen atoms in total. The van der Waals surface area contributed by atoms with Gasteiger partial charge in [-0.25, -0.2) is 9.97 Å². The van der Waals surface area contributed by atoms with Gasteiger partial charge < -0.3 is 24.5 Å². The van der Waals surface area contributed by atoms with Crippen LogP contribution in [-0.2, 0) is 0 Å². The van der Waals surface area contributed by atoms with E-state index in [1.807, 2.05) is 65.1 Å². The van der Waals surface area contributed by atoms with Crippen molar-refractivity contribution in [2.75, 3.05) is 37.5 Å². The normalized spacial score (nSPS) is 11.2. The maximum absolute atomic E-state index is 9.24. The Kier molecular flexibility index (Phi) is 5.08. The molecule has 2 aromatic carbocycles. The zero-order valence-electron chi connectivity index (χ0n) is 17.8. The number of rotatable bonds is 7. The van der Waals surface area contributed by atoms with Crippen molar-refractivity contribution < 1.29 is 9.84 Å². The quantitative estimate of drug-likeness (QED) is 0.364. The van der Waals surface area contributed by atoms with Crippen molar-refractivity contribution in [3.05, 3.63) is 61.2 Å². The fraction of sp³-hybridized carbons (Fsp3) is 0.174. The van der Waals surface area contributed by atoms with Gasteiger partial charge in [-0.15, -0.1) is 0 Å². The summed E-state index contributed by atoms with van der Waals surface area (Å²) in [5.41, 5.74) is 5.17. The molecule has 5 rings (SSSR count). The molecule has 5 aromatic rings. The van der Waals surface area contributed by atoms with Crippen LogP contribution in [0.4, 0.5) is 17.2 Å². The zero-order valence-corrected chi connectivity index (χ0v) is 17.8. The molecule has 162 valence electrons. The van der Waals surface area contributed by atoms with Crippen LogP contribution in [0.15, 0.2) is 61.2 Å². The third-order valence-electron chi connectivity index (χ3n) is 5.40. The number of H-pyrrole nitrogens is 1. The molecule has 0 atom stereocenters. The van der Waals surface area contributed by atoms with Crippen LogP contribution >= 0.6 is 0 Å². The fourth-order valence-corrected chi connectivity index (χ4v) is 3.73. The third kappa shape index (κ3) is 3.58. The summed E-state index contributed by atoms with van der Waals surface area (Å²) in [5.74, 6) is 1.34. The first-order valence-corrected chi connectivity index (χ1v) is 10.2. The molecule has 3 heterocycles. The van der Waals surface area contributed by atoms with Gasteiger partial charge in [0.05, 0.1) is 36.8 Å². The van der Waals surface area contributed by atoms with Crippen LogP contribution in [0, 0.1) is 0 Å². The summed E-state index contributed by atoms with van der Waals surface area (Å²) in [4.78, 5) is 11.3.